The molecule has 3 aliphatic rings. The van der Waals surface area contributed by atoms with Crippen LogP contribution in [0.25, 0.3) is 0 Å². The zero-order chi connectivity index (χ0) is 17.3. The summed E-state index contributed by atoms with van der Waals surface area (Å²) in [7, 11) is 0. The molecule has 0 bridgehead atoms. The Balaban J connectivity index is 1.43. The van der Waals surface area contributed by atoms with E-state index in [0.717, 1.165) is 18.7 Å². The van der Waals surface area contributed by atoms with E-state index in [2.05, 4.69) is 4.90 Å². The number of benzene rings is 1. The molecule has 6 heteroatoms. The number of halogens is 1. The molecule has 2 atom stereocenters. The molecule has 136 valence electrons. The van der Waals surface area contributed by atoms with Crippen molar-refractivity contribution in [3.63, 3.8) is 0 Å². The molecule has 1 aromatic rings. The summed E-state index contributed by atoms with van der Waals surface area (Å²) in [6, 6.07) is 6.93. The lowest BCUT2D eigenvalue weighted by Gasteiger charge is -2.32. The highest BCUT2D eigenvalue weighted by Crippen LogP contribution is 2.44. The van der Waals surface area contributed by atoms with Crippen molar-refractivity contribution in [3.8, 4) is 0 Å². The third-order valence-corrected chi connectivity index (χ3v) is 5.81. The second kappa shape index (κ2) is 7.02. The zero-order valence-corrected chi connectivity index (χ0v) is 14.5. The van der Waals surface area contributed by atoms with E-state index in [1.165, 1.54) is 6.07 Å². The number of carbonyl (C=O) groups is 1. The predicted molar refractivity (Wildman–Crippen MR) is 90.4 cm³/mol. The van der Waals surface area contributed by atoms with Crippen molar-refractivity contribution in [2.24, 2.45) is 11.3 Å². The van der Waals surface area contributed by atoms with Crippen LogP contribution in [0, 0.1) is 17.2 Å². The van der Waals surface area contributed by atoms with Gasteiger partial charge < -0.3 is 14.4 Å². The number of carbonyl (C=O) groups excluding carboxylic acids is 1. The third-order valence-electron chi connectivity index (χ3n) is 5.81. The molecule has 1 amide bonds. The molecule has 0 N–H and O–H groups in total. The van der Waals surface area contributed by atoms with E-state index in [0.29, 0.717) is 58.4 Å². The smallest absolute Gasteiger partial charge is 0.223 e. The van der Waals surface area contributed by atoms with Gasteiger partial charge in [-0.05, 0) is 6.07 Å². The summed E-state index contributed by atoms with van der Waals surface area (Å²) in [6.07, 6.45) is 0.519. The molecule has 0 aromatic heterocycles. The van der Waals surface area contributed by atoms with Gasteiger partial charge in [-0.3, -0.25) is 9.69 Å². The monoisotopic (exact) mass is 348 g/mol. The van der Waals surface area contributed by atoms with Gasteiger partial charge in [0.25, 0.3) is 0 Å². The largest absolute Gasteiger partial charge is 0.380 e. The first-order valence-electron chi connectivity index (χ1n) is 9.05. The maximum atomic E-state index is 14.0. The fourth-order valence-electron chi connectivity index (χ4n) is 4.41. The summed E-state index contributed by atoms with van der Waals surface area (Å²) in [5, 5.41) is 0. The molecule has 3 saturated heterocycles. The van der Waals surface area contributed by atoms with Gasteiger partial charge in [-0.25, -0.2) is 4.39 Å². The summed E-state index contributed by atoms with van der Waals surface area (Å²) < 4.78 is 25.0. The van der Waals surface area contributed by atoms with E-state index in [4.69, 9.17) is 9.47 Å². The number of fused-ring (bicyclic) bond motifs is 1. The van der Waals surface area contributed by atoms with Crippen LogP contribution >= 0.6 is 0 Å². The maximum Gasteiger partial charge on any atom is 0.223 e. The summed E-state index contributed by atoms with van der Waals surface area (Å²) in [4.78, 5) is 16.9. The average Bonchev–Trinajstić information content (AvgIpc) is 3.14. The highest BCUT2D eigenvalue weighted by atomic mass is 19.1. The third kappa shape index (κ3) is 3.43. The Kier molecular flexibility index (Phi) is 4.75. The number of likely N-dealkylation sites (tertiary alicyclic amines) is 1. The first kappa shape index (κ1) is 16.9. The molecular weight excluding hydrogens is 323 g/mol. The van der Waals surface area contributed by atoms with Crippen LogP contribution in [-0.4, -0.2) is 68.3 Å². The number of amides is 1. The van der Waals surface area contributed by atoms with Crippen LogP contribution in [0.3, 0.4) is 0 Å². The molecule has 4 rings (SSSR count). The summed E-state index contributed by atoms with van der Waals surface area (Å²) in [5.41, 5.74) is 0.596. The van der Waals surface area contributed by atoms with Gasteiger partial charge in [-0.1, -0.05) is 18.2 Å². The first-order valence-corrected chi connectivity index (χ1v) is 9.05. The molecule has 5 nitrogen and oxygen atoms in total. The van der Waals surface area contributed by atoms with E-state index < -0.39 is 0 Å². The second-order valence-electron chi connectivity index (χ2n) is 7.51. The van der Waals surface area contributed by atoms with Gasteiger partial charge in [0.1, 0.15) is 5.82 Å². The number of hydrogen-bond donors (Lipinski definition) is 0. The molecule has 0 unspecified atom stereocenters. The van der Waals surface area contributed by atoms with Crippen molar-refractivity contribution in [2.75, 3.05) is 52.6 Å². The van der Waals surface area contributed by atoms with Crippen molar-refractivity contribution in [1.82, 2.24) is 9.80 Å². The van der Waals surface area contributed by atoms with E-state index in [1.807, 2.05) is 17.0 Å². The Morgan fingerprint density at radius 1 is 1.24 bits per heavy atom. The van der Waals surface area contributed by atoms with Gasteiger partial charge in [0.05, 0.1) is 26.4 Å². The highest BCUT2D eigenvalue weighted by Gasteiger charge is 2.51. The van der Waals surface area contributed by atoms with E-state index in [9.17, 15) is 9.18 Å². The lowest BCUT2D eigenvalue weighted by molar-refractivity contribution is -0.138. The Bertz CT molecular complexity index is 635. The molecule has 0 saturated carbocycles. The zero-order valence-electron chi connectivity index (χ0n) is 14.5. The maximum absolute atomic E-state index is 14.0. The van der Waals surface area contributed by atoms with Crippen LogP contribution in [0.1, 0.15) is 12.0 Å². The number of morpholine rings is 1. The number of rotatable bonds is 4. The van der Waals surface area contributed by atoms with Crippen molar-refractivity contribution in [1.29, 1.82) is 0 Å². The minimum atomic E-state index is -0.158. The molecule has 3 fully saturated rings. The molecule has 25 heavy (non-hydrogen) atoms. The molecular formula is C19H25FN2O3. The fraction of sp³-hybridized carbons (Fsp3) is 0.632. The van der Waals surface area contributed by atoms with Gasteiger partial charge in [0, 0.05) is 56.0 Å². The van der Waals surface area contributed by atoms with Crippen LogP contribution in [0.4, 0.5) is 4.39 Å². The molecule has 3 heterocycles. The van der Waals surface area contributed by atoms with Gasteiger partial charge in [-0.15, -0.1) is 0 Å². The molecule has 1 aromatic carbocycles. The predicted octanol–water partition coefficient (Wildman–Crippen LogP) is 1.52. The Morgan fingerprint density at radius 3 is 2.84 bits per heavy atom. The van der Waals surface area contributed by atoms with Crippen LogP contribution in [0.2, 0.25) is 0 Å². The summed E-state index contributed by atoms with van der Waals surface area (Å²) in [5.74, 6) is 0.394. The molecule has 3 aliphatic heterocycles. The SMILES string of the molecule is O=C(C[C@@]12COC[C@@H]1CN(Cc1ccccc1F)C2)N1CCOCC1. The van der Waals surface area contributed by atoms with Crippen LogP contribution in [-0.2, 0) is 20.8 Å². The molecule has 0 radical (unpaired) electrons. The molecule has 0 aliphatic carbocycles. The van der Waals surface area contributed by atoms with Gasteiger partial charge in [0.15, 0.2) is 0 Å². The number of nitrogens with zero attached hydrogens (tertiary/aromatic N) is 2. The Hall–Kier alpha value is -1.50. The van der Waals surface area contributed by atoms with E-state index in [-0.39, 0.29) is 17.1 Å². The normalized spacial score (nSPS) is 29.8. The standard InChI is InChI=1S/C19H25FN2O3/c20-17-4-2-1-3-15(17)10-21-11-16-12-25-14-19(16,13-21)9-18(23)22-5-7-24-8-6-22/h1-4,16H,5-14H2/t16-,19+/m0/s1. The van der Waals surface area contributed by atoms with Crippen molar-refractivity contribution >= 4 is 5.91 Å². The highest BCUT2D eigenvalue weighted by molar-refractivity contribution is 5.77. The Morgan fingerprint density at radius 2 is 2.04 bits per heavy atom. The fourth-order valence-corrected chi connectivity index (χ4v) is 4.41. The topological polar surface area (TPSA) is 42.0 Å². The Labute approximate surface area is 147 Å². The number of ether oxygens (including phenoxy) is 2. The first-order chi connectivity index (χ1) is 12.2. The van der Waals surface area contributed by atoms with Gasteiger partial charge in [-0.2, -0.15) is 0 Å². The van der Waals surface area contributed by atoms with Crippen molar-refractivity contribution in [2.45, 2.75) is 13.0 Å². The van der Waals surface area contributed by atoms with Crippen LogP contribution in [0.5, 0.6) is 0 Å². The number of hydrogen-bond acceptors (Lipinski definition) is 4. The quantitative estimate of drug-likeness (QED) is 0.827. The molecule has 0 spiro atoms. The minimum absolute atomic E-state index is 0.124. The minimum Gasteiger partial charge on any atom is -0.380 e. The van der Waals surface area contributed by atoms with Crippen LogP contribution < -0.4 is 0 Å². The summed E-state index contributed by atoms with van der Waals surface area (Å²) >= 11 is 0. The lowest BCUT2D eigenvalue weighted by atomic mass is 9.77. The lowest BCUT2D eigenvalue weighted by Crippen LogP contribution is -2.44. The van der Waals surface area contributed by atoms with E-state index >= 15 is 0 Å². The van der Waals surface area contributed by atoms with Crippen molar-refractivity contribution < 1.29 is 18.7 Å². The summed E-state index contributed by atoms with van der Waals surface area (Å²) in [6.45, 7) is 6.18. The van der Waals surface area contributed by atoms with Crippen LogP contribution in [0.15, 0.2) is 24.3 Å². The average molecular weight is 348 g/mol. The van der Waals surface area contributed by atoms with Gasteiger partial charge in [0.2, 0.25) is 5.91 Å². The van der Waals surface area contributed by atoms with Gasteiger partial charge >= 0.3 is 0 Å². The van der Waals surface area contributed by atoms with Crippen molar-refractivity contribution in [3.05, 3.63) is 35.6 Å². The second-order valence-corrected chi connectivity index (χ2v) is 7.51. The van der Waals surface area contributed by atoms with E-state index in [1.54, 1.807) is 6.07 Å².